The van der Waals surface area contributed by atoms with E-state index in [0.717, 1.165) is 12.8 Å². The smallest absolute Gasteiger partial charge is 0.289 e. The van der Waals surface area contributed by atoms with E-state index in [1.807, 2.05) is 0 Å². The molecule has 0 bridgehead atoms. The van der Waals surface area contributed by atoms with Crippen LogP contribution in [0, 0.1) is 0 Å². The Hall–Kier alpha value is -1.69. The van der Waals surface area contributed by atoms with Crippen molar-refractivity contribution in [3.63, 3.8) is 0 Å². The maximum atomic E-state index is 12.2. The molecule has 3 N–H and O–H groups in total. The van der Waals surface area contributed by atoms with E-state index in [1.165, 1.54) is 6.07 Å². The van der Waals surface area contributed by atoms with Crippen LogP contribution in [-0.4, -0.2) is 34.4 Å². The van der Waals surface area contributed by atoms with E-state index in [0.29, 0.717) is 13.0 Å². The van der Waals surface area contributed by atoms with Gasteiger partial charge in [-0.25, -0.2) is 0 Å². The SMILES string of the molecule is N/C(CCN(C(=O)c1ccc(Cl)o1)C1CC1)=N/O. The molecule has 18 heavy (non-hydrogen) atoms. The van der Waals surface area contributed by atoms with Gasteiger partial charge < -0.3 is 20.3 Å². The number of nitrogens with two attached hydrogens (primary N) is 1. The Balaban J connectivity index is 2.03. The van der Waals surface area contributed by atoms with Gasteiger partial charge in [-0.05, 0) is 36.6 Å². The maximum Gasteiger partial charge on any atom is 0.289 e. The molecule has 0 radical (unpaired) electrons. The van der Waals surface area contributed by atoms with Gasteiger partial charge in [0, 0.05) is 19.0 Å². The number of nitrogens with zero attached hydrogens (tertiary/aromatic N) is 2. The van der Waals surface area contributed by atoms with E-state index in [-0.39, 0.29) is 28.8 Å². The molecule has 1 aromatic heterocycles. The van der Waals surface area contributed by atoms with Gasteiger partial charge in [0.15, 0.2) is 11.0 Å². The number of furan rings is 1. The fourth-order valence-corrected chi connectivity index (χ4v) is 1.84. The molecule has 1 saturated carbocycles. The summed E-state index contributed by atoms with van der Waals surface area (Å²) in [6.45, 7) is 0.401. The minimum atomic E-state index is -0.213. The molecule has 2 rings (SSSR count). The second kappa shape index (κ2) is 5.30. The largest absolute Gasteiger partial charge is 0.440 e. The fraction of sp³-hybridized carbons (Fsp3) is 0.455. The minimum absolute atomic E-state index is 0.103. The third-order valence-corrected chi connectivity index (χ3v) is 2.97. The van der Waals surface area contributed by atoms with E-state index in [9.17, 15) is 4.79 Å². The van der Waals surface area contributed by atoms with Crippen molar-refractivity contribution in [1.29, 1.82) is 0 Å². The third-order valence-electron chi connectivity index (χ3n) is 2.77. The van der Waals surface area contributed by atoms with Crippen LogP contribution in [0.15, 0.2) is 21.7 Å². The molecule has 1 amide bonds. The summed E-state index contributed by atoms with van der Waals surface area (Å²) < 4.78 is 5.10. The van der Waals surface area contributed by atoms with Crippen LogP contribution in [-0.2, 0) is 0 Å². The molecule has 1 heterocycles. The van der Waals surface area contributed by atoms with Crippen molar-refractivity contribution in [3.8, 4) is 0 Å². The Morgan fingerprint density at radius 2 is 2.33 bits per heavy atom. The number of hydrogen-bond donors (Lipinski definition) is 2. The highest BCUT2D eigenvalue weighted by atomic mass is 35.5. The van der Waals surface area contributed by atoms with Crippen molar-refractivity contribution >= 4 is 23.3 Å². The third kappa shape index (κ3) is 2.95. The summed E-state index contributed by atoms with van der Waals surface area (Å²) in [6, 6.07) is 3.29. The predicted octanol–water partition coefficient (Wildman–Crippen LogP) is 1.67. The zero-order chi connectivity index (χ0) is 13.1. The normalized spacial score (nSPS) is 15.7. The lowest BCUT2D eigenvalue weighted by Gasteiger charge is -2.20. The minimum Gasteiger partial charge on any atom is -0.440 e. The Kier molecular flexibility index (Phi) is 3.76. The molecule has 1 aliphatic rings. The van der Waals surface area contributed by atoms with Crippen molar-refractivity contribution in [1.82, 2.24) is 4.90 Å². The predicted molar refractivity (Wildman–Crippen MR) is 65.8 cm³/mol. The molecule has 6 nitrogen and oxygen atoms in total. The standard InChI is InChI=1S/C11H14ClN3O3/c12-9-4-3-8(18-9)11(16)15(7-1-2-7)6-5-10(13)14-17/h3-4,7,17H,1-2,5-6H2,(H2,13,14). The highest BCUT2D eigenvalue weighted by molar-refractivity contribution is 6.29. The van der Waals surface area contributed by atoms with Gasteiger partial charge in [0.1, 0.15) is 5.84 Å². The first kappa shape index (κ1) is 12.8. The number of hydrogen-bond acceptors (Lipinski definition) is 4. The first-order chi connectivity index (χ1) is 8.61. The van der Waals surface area contributed by atoms with Crippen LogP contribution in [0.1, 0.15) is 29.8 Å². The van der Waals surface area contributed by atoms with E-state index in [4.69, 9.17) is 27.0 Å². The lowest BCUT2D eigenvalue weighted by Crippen LogP contribution is -2.35. The quantitative estimate of drug-likeness (QED) is 0.369. The highest BCUT2D eigenvalue weighted by Crippen LogP contribution is 2.29. The Bertz CT molecular complexity index is 468. The summed E-state index contributed by atoms with van der Waals surface area (Å²) in [7, 11) is 0. The average molecular weight is 272 g/mol. The topological polar surface area (TPSA) is 92.1 Å². The number of rotatable bonds is 5. The molecule has 1 aliphatic carbocycles. The van der Waals surface area contributed by atoms with Crippen LogP contribution in [0.3, 0.4) is 0 Å². The lowest BCUT2D eigenvalue weighted by atomic mass is 10.3. The highest BCUT2D eigenvalue weighted by Gasteiger charge is 2.34. The van der Waals surface area contributed by atoms with Crippen LogP contribution in [0.5, 0.6) is 0 Å². The fourth-order valence-electron chi connectivity index (χ4n) is 1.69. The molecule has 0 unspecified atom stereocenters. The lowest BCUT2D eigenvalue weighted by molar-refractivity contribution is 0.0715. The van der Waals surface area contributed by atoms with Crippen molar-refractivity contribution in [3.05, 3.63) is 23.1 Å². The number of amidine groups is 1. The van der Waals surface area contributed by atoms with Crippen molar-refractivity contribution in [2.24, 2.45) is 10.9 Å². The molecule has 1 aromatic rings. The molecule has 1 fully saturated rings. The second-order valence-corrected chi connectivity index (χ2v) is 4.55. The summed E-state index contributed by atoms with van der Waals surface area (Å²) in [5.74, 6) is 0.104. The Morgan fingerprint density at radius 1 is 1.61 bits per heavy atom. The van der Waals surface area contributed by atoms with Crippen LogP contribution < -0.4 is 5.73 Å². The maximum absolute atomic E-state index is 12.2. The average Bonchev–Trinajstić information content (AvgIpc) is 3.10. The summed E-state index contributed by atoms with van der Waals surface area (Å²) in [4.78, 5) is 13.8. The summed E-state index contributed by atoms with van der Waals surface area (Å²) in [5, 5.41) is 11.6. The van der Waals surface area contributed by atoms with Crippen LogP contribution in [0.2, 0.25) is 5.22 Å². The van der Waals surface area contributed by atoms with Crippen LogP contribution >= 0.6 is 11.6 Å². The number of amides is 1. The molecular weight excluding hydrogens is 258 g/mol. The molecule has 98 valence electrons. The number of carbonyl (C=O) groups excluding carboxylic acids is 1. The zero-order valence-electron chi connectivity index (χ0n) is 9.67. The van der Waals surface area contributed by atoms with Crippen LogP contribution in [0.4, 0.5) is 0 Å². The van der Waals surface area contributed by atoms with E-state index >= 15 is 0 Å². The molecule has 0 atom stereocenters. The monoisotopic (exact) mass is 271 g/mol. The van der Waals surface area contributed by atoms with Crippen molar-refractivity contribution < 1.29 is 14.4 Å². The van der Waals surface area contributed by atoms with Gasteiger partial charge >= 0.3 is 0 Å². The van der Waals surface area contributed by atoms with Gasteiger partial charge in [-0.15, -0.1) is 0 Å². The Labute approximate surface area is 109 Å². The molecule has 0 spiro atoms. The number of oxime groups is 1. The summed E-state index contributed by atoms with van der Waals surface area (Å²) in [6.07, 6.45) is 2.26. The Morgan fingerprint density at radius 3 is 2.83 bits per heavy atom. The molecule has 0 aliphatic heterocycles. The summed E-state index contributed by atoms with van der Waals surface area (Å²) >= 11 is 5.64. The van der Waals surface area contributed by atoms with Crippen molar-refractivity contribution in [2.75, 3.05) is 6.54 Å². The molecular formula is C11H14ClN3O3. The van der Waals surface area contributed by atoms with Gasteiger partial charge in [0.2, 0.25) is 0 Å². The molecule has 0 saturated heterocycles. The number of halogens is 1. The first-order valence-electron chi connectivity index (χ1n) is 5.64. The van der Waals surface area contributed by atoms with Gasteiger partial charge in [0.05, 0.1) is 0 Å². The number of carbonyl (C=O) groups is 1. The summed E-state index contributed by atoms with van der Waals surface area (Å²) in [5.41, 5.74) is 5.40. The van der Waals surface area contributed by atoms with Gasteiger partial charge in [-0.1, -0.05) is 5.16 Å². The van der Waals surface area contributed by atoms with Gasteiger partial charge in [-0.2, -0.15) is 0 Å². The second-order valence-electron chi connectivity index (χ2n) is 4.17. The van der Waals surface area contributed by atoms with Crippen molar-refractivity contribution in [2.45, 2.75) is 25.3 Å². The van der Waals surface area contributed by atoms with E-state index in [2.05, 4.69) is 5.16 Å². The molecule has 0 aromatic carbocycles. The van der Waals surface area contributed by atoms with Gasteiger partial charge in [-0.3, -0.25) is 4.79 Å². The van der Waals surface area contributed by atoms with E-state index < -0.39 is 0 Å². The molecule has 7 heteroatoms. The first-order valence-corrected chi connectivity index (χ1v) is 6.02. The zero-order valence-corrected chi connectivity index (χ0v) is 10.4. The van der Waals surface area contributed by atoms with E-state index in [1.54, 1.807) is 11.0 Å². The van der Waals surface area contributed by atoms with Gasteiger partial charge in [0.25, 0.3) is 5.91 Å². The van der Waals surface area contributed by atoms with Crippen LogP contribution in [0.25, 0.3) is 0 Å².